The molecular formula is C29H30ClN5O4. The number of fused-ring (bicyclic) bond motifs is 1. The summed E-state index contributed by atoms with van der Waals surface area (Å²) in [6.45, 7) is 2.84. The van der Waals surface area contributed by atoms with Crippen LogP contribution in [0.1, 0.15) is 51.0 Å². The van der Waals surface area contributed by atoms with E-state index in [0.717, 1.165) is 25.7 Å². The van der Waals surface area contributed by atoms with Gasteiger partial charge in [0.15, 0.2) is 0 Å². The molecule has 202 valence electrons. The lowest BCUT2D eigenvalue weighted by Gasteiger charge is -2.15. The summed E-state index contributed by atoms with van der Waals surface area (Å²) in [5.74, 6) is 0.0357. The molecule has 2 amide bonds. The van der Waals surface area contributed by atoms with Crippen LogP contribution in [0.25, 0.3) is 10.9 Å². The zero-order valence-corrected chi connectivity index (χ0v) is 22.5. The van der Waals surface area contributed by atoms with Crippen LogP contribution in [0.5, 0.6) is 0 Å². The van der Waals surface area contributed by atoms with Gasteiger partial charge in [0.2, 0.25) is 11.8 Å². The summed E-state index contributed by atoms with van der Waals surface area (Å²) in [6.07, 6.45) is 4.44. The number of hydrogen-bond donors (Lipinski definition) is 2. The second-order valence-corrected chi connectivity index (χ2v) is 11.3. The Labute approximate surface area is 230 Å². The standard InChI is InChI=1S/C29H30ClN5O4/c1-17(11-27(37)33-22-7-6-20(14-31)24(30)13-22)10-26(36)32-21-8-9-25-23(12-21)28(38)35(16-19-4-5-19)29(39)34(25)15-18-2-3-18/h6-9,12-13,17-19H,2-5,10-11,15-16H2,1H3,(H,32,36)(H,33,37). The number of halogens is 1. The van der Waals surface area contributed by atoms with Gasteiger partial charge in [0.05, 0.1) is 21.5 Å². The summed E-state index contributed by atoms with van der Waals surface area (Å²) in [5, 5.41) is 15.2. The van der Waals surface area contributed by atoms with Crippen molar-refractivity contribution in [2.24, 2.45) is 17.8 Å². The maximum absolute atomic E-state index is 13.3. The highest BCUT2D eigenvalue weighted by Gasteiger charge is 2.27. The fraction of sp³-hybridized carbons (Fsp3) is 0.414. The summed E-state index contributed by atoms with van der Waals surface area (Å²) < 4.78 is 3.07. The van der Waals surface area contributed by atoms with Gasteiger partial charge >= 0.3 is 5.69 Å². The molecule has 1 heterocycles. The molecule has 9 nitrogen and oxygen atoms in total. The van der Waals surface area contributed by atoms with Crippen molar-refractivity contribution >= 4 is 45.7 Å². The number of rotatable bonds is 10. The largest absolute Gasteiger partial charge is 0.331 e. The lowest BCUT2D eigenvalue weighted by Crippen LogP contribution is -2.40. The van der Waals surface area contributed by atoms with Gasteiger partial charge < -0.3 is 10.6 Å². The Morgan fingerprint density at radius 3 is 2.08 bits per heavy atom. The van der Waals surface area contributed by atoms with Gasteiger partial charge in [-0.15, -0.1) is 0 Å². The van der Waals surface area contributed by atoms with Gasteiger partial charge in [-0.3, -0.25) is 23.5 Å². The molecule has 1 atom stereocenters. The van der Waals surface area contributed by atoms with Crippen molar-refractivity contribution in [2.75, 3.05) is 10.6 Å². The fourth-order valence-corrected chi connectivity index (χ4v) is 4.99. The highest BCUT2D eigenvalue weighted by atomic mass is 35.5. The fourth-order valence-electron chi connectivity index (χ4n) is 4.77. The lowest BCUT2D eigenvalue weighted by atomic mass is 10.0. The summed E-state index contributed by atoms with van der Waals surface area (Å²) in [4.78, 5) is 51.7. The molecule has 2 aromatic carbocycles. The first-order valence-electron chi connectivity index (χ1n) is 13.3. The van der Waals surface area contributed by atoms with Crippen molar-refractivity contribution in [1.29, 1.82) is 5.26 Å². The molecule has 2 saturated carbocycles. The zero-order valence-electron chi connectivity index (χ0n) is 21.7. The number of anilines is 2. The molecule has 2 fully saturated rings. The number of hydrogen-bond acceptors (Lipinski definition) is 5. The topological polar surface area (TPSA) is 126 Å². The van der Waals surface area contributed by atoms with E-state index >= 15 is 0 Å². The third-order valence-electron chi connectivity index (χ3n) is 7.22. The number of nitriles is 1. The first-order valence-corrected chi connectivity index (χ1v) is 13.7. The van der Waals surface area contributed by atoms with E-state index in [0.29, 0.717) is 52.8 Å². The summed E-state index contributed by atoms with van der Waals surface area (Å²) in [6, 6.07) is 11.7. The average Bonchev–Trinajstić information content (AvgIpc) is 3.81. The number of carbonyl (C=O) groups is 2. The molecule has 0 saturated heterocycles. The molecular weight excluding hydrogens is 518 g/mol. The van der Waals surface area contributed by atoms with Crippen LogP contribution in [0.3, 0.4) is 0 Å². The Hall–Kier alpha value is -3.90. The van der Waals surface area contributed by atoms with E-state index in [4.69, 9.17) is 16.9 Å². The Morgan fingerprint density at radius 1 is 0.949 bits per heavy atom. The van der Waals surface area contributed by atoms with Crippen molar-refractivity contribution in [3.8, 4) is 6.07 Å². The van der Waals surface area contributed by atoms with E-state index in [1.807, 2.05) is 6.07 Å². The molecule has 2 aliphatic carbocycles. The van der Waals surface area contributed by atoms with Crippen LogP contribution in [0.15, 0.2) is 46.0 Å². The highest BCUT2D eigenvalue weighted by molar-refractivity contribution is 6.32. The number of amides is 2. The van der Waals surface area contributed by atoms with Gasteiger partial charge in [-0.05, 0) is 79.8 Å². The molecule has 0 radical (unpaired) electrons. The molecule has 0 spiro atoms. The van der Waals surface area contributed by atoms with E-state index in [-0.39, 0.29) is 46.8 Å². The smallest absolute Gasteiger partial charge is 0.326 e. The summed E-state index contributed by atoms with van der Waals surface area (Å²) >= 11 is 6.02. The minimum Gasteiger partial charge on any atom is -0.326 e. The predicted octanol–water partition coefficient (Wildman–Crippen LogP) is 4.50. The van der Waals surface area contributed by atoms with Crippen LogP contribution >= 0.6 is 11.6 Å². The van der Waals surface area contributed by atoms with Crippen LogP contribution in [-0.2, 0) is 22.7 Å². The van der Waals surface area contributed by atoms with E-state index < -0.39 is 0 Å². The molecule has 1 unspecified atom stereocenters. The zero-order chi connectivity index (χ0) is 27.7. The normalized spacial score (nSPS) is 15.5. The summed E-state index contributed by atoms with van der Waals surface area (Å²) in [7, 11) is 0. The second-order valence-electron chi connectivity index (χ2n) is 10.8. The minimum absolute atomic E-state index is 0.104. The van der Waals surface area contributed by atoms with Crippen molar-refractivity contribution in [1.82, 2.24) is 9.13 Å². The van der Waals surface area contributed by atoms with Crippen LogP contribution < -0.4 is 21.9 Å². The van der Waals surface area contributed by atoms with Crippen molar-refractivity contribution in [3.63, 3.8) is 0 Å². The maximum atomic E-state index is 13.3. The van der Waals surface area contributed by atoms with Crippen LogP contribution in [0, 0.1) is 29.1 Å². The minimum atomic E-state index is -0.321. The maximum Gasteiger partial charge on any atom is 0.331 e. The van der Waals surface area contributed by atoms with Crippen molar-refractivity contribution in [2.45, 2.75) is 58.5 Å². The number of carbonyl (C=O) groups excluding carboxylic acids is 2. The van der Waals surface area contributed by atoms with E-state index in [2.05, 4.69) is 10.6 Å². The van der Waals surface area contributed by atoms with Gasteiger partial charge in [-0.25, -0.2) is 4.79 Å². The van der Waals surface area contributed by atoms with E-state index in [1.165, 1.54) is 16.7 Å². The summed E-state index contributed by atoms with van der Waals surface area (Å²) in [5.41, 5.74) is 1.29. The number of aromatic nitrogens is 2. The predicted molar refractivity (Wildman–Crippen MR) is 150 cm³/mol. The molecule has 39 heavy (non-hydrogen) atoms. The van der Waals surface area contributed by atoms with Crippen LogP contribution in [0.4, 0.5) is 11.4 Å². The van der Waals surface area contributed by atoms with Gasteiger partial charge in [0.1, 0.15) is 6.07 Å². The Morgan fingerprint density at radius 2 is 1.51 bits per heavy atom. The van der Waals surface area contributed by atoms with E-state index in [9.17, 15) is 19.2 Å². The average molecular weight is 548 g/mol. The SMILES string of the molecule is CC(CC(=O)Nc1ccc(C#N)c(Cl)c1)CC(=O)Nc1ccc2c(c1)c(=O)n(CC1CC1)c(=O)n2CC1CC1. The van der Waals surface area contributed by atoms with Crippen molar-refractivity contribution in [3.05, 3.63) is 67.8 Å². The molecule has 0 bridgehead atoms. The Bertz CT molecular complexity index is 1610. The number of benzene rings is 2. The molecule has 5 rings (SSSR count). The Balaban J connectivity index is 1.26. The molecule has 2 aliphatic rings. The van der Waals surface area contributed by atoms with Gasteiger partial charge in [0.25, 0.3) is 5.56 Å². The van der Waals surface area contributed by atoms with Gasteiger partial charge in [0, 0.05) is 37.3 Å². The highest BCUT2D eigenvalue weighted by Crippen LogP contribution is 2.32. The first kappa shape index (κ1) is 26.7. The monoisotopic (exact) mass is 547 g/mol. The lowest BCUT2D eigenvalue weighted by molar-refractivity contribution is -0.118. The molecule has 2 N–H and O–H groups in total. The Kier molecular flexibility index (Phi) is 7.58. The van der Waals surface area contributed by atoms with Crippen molar-refractivity contribution < 1.29 is 9.59 Å². The van der Waals surface area contributed by atoms with Crippen LogP contribution in [-0.4, -0.2) is 20.9 Å². The molecule has 3 aromatic rings. The van der Waals surface area contributed by atoms with Crippen LogP contribution in [0.2, 0.25) is 5.02 Å². The third kappa shape index (κ3) is 6.40. The third-order valence-corrected chi connectivity index (χ3v) is 7.54. The number of nitrogens with zero attached hydrogens (tertiary/aromatic N) is 3. The second kappa shape index (κ2) is 11.1. The van der Waals surface area contributed by atoms with Gasteiger partial charge in [-0.1, -0.05) is 18.5 Å². The molecule has 1 aromatic heterocycles. The number of nitrogens with one attached hydrogen (secondary N) is 2. The molecule has 10 heteroatoms. The quantitative estimate of drug-likeness (QED) is 0.386. The molecule has 0 aliphatic heterocycles. The van der Waals surface area contributed by atoms with E-state index in [1.54, 1.807) is 35.8 Å². The van der Waals surface area contributed by atoms with Gasteiger partial charge in [-0.2, -0.15) is 5.26 Å². The first-order chi connectivity index (χ1) is 18.7.